The van der Waals surface area contributed by atoms with Crippen molar-refractivity contribution in [1.82, 2.24) is 0 Å². The Balaban J connectivity index is 1.86. The molecule has 0 spiro atoms. The van der Waals surface area contributed by atoms with Gasteiger partial charge in [0.25, 0.3) is 0 Å². The zero-order valence-electron chi connectivity index (χ0n) is 9.76. The van der Waals surface area contributed by atoms with Crippen LogP contribution in [-0.4, -0.2) is 22.2 Å². The Bertz CT molecular complexity index is 360. The Morgan fingerprint density at radius 3 is 2.12 bits per heavy atom. The highest BCUT2D eigenvalue weighted by Gasteiger charge is 2.57. The van der Waals surface area contributed by atoms with Crippen molar-refractivity contribution in [2.45, 2.75) is 38.5 Å². The predicted molar refractivity (Wildman–Crippen MR) is 59.4 cm³/mol. The first-order valence-electron chi connectivity index (χ1n) is 6.44. The summed E-state index contributed by atoms with van der Waals surface area (Å²) in [4.78, 5) is 22.3. The fourth-order valence-corrected chi connectivity index (χ4v) is 5.13. The van der Waals surface area contributed by atoms with Crippen molar-refractivity contribution in [3.8, 4) is 0 Å². The van der Waals surface area contributed by atoms with Gasteiger partial charge in [0.2, 0.25) is 0 Å². The van der Waals surface area contributed by atoms with Crippen LogP contribution in [-0.2, 0) is 9.59 Å². The minimum Gasteiger partial charge on any atom is -0.481 e. The quantitative estimate of drug-likeness (QED) is 0.788. The minimum atomic E-state index is -0.723. The molecule has 0 aliphatic heterocycles. The van der Waals surface area contributed by atoms with Gasteiger partial charge in [-0.15, -0.1) is 0 Å². The van der Waals surface area contributed by atoms with Crippen LogP contribution in [0.5, 0.6) is 0 Å². The van der Waals surface area contributed by atoms with E-state index < -0.39 is 11.9 Å². The Morgan fingerprint density at radius 2 is 1.65 bits per heavy atom. The van der Waals surface area contributed by atoms with Crippen molar-refractivity contribution in [3.63, 3.8) is 0 Å². The highest BCUT2D eigenvalue weighted by Crippen LogP contribution is 2.63. The van der Waals surface area contributed by atoms with E-state index in [0.29, 0.717) is 5.92 Å². The SMILES string of the molecule is O=C(O)CC12CC3CC(C1)C(C(=O)O)C(C3)C2. The summed E-state index contributed by atoms with van der Waals surface area (Å²) in [6.07, 6.45) is 4.91. The lowest BCUT2D eigenvalue weighted by molar-refractivity contribution is -0.166. The van der Waals surface area contributed by atoms with Crippen LogP contribution in [0.25, 0.3) is 0 Å². The molecule has 4 aliphatic rings. The van der Waals surface area contributed by atoms with E-state index in [1.807, 2.05) is 0 Å². The lowest BCUT2D eigenvalue weighted by Crippen LogP contribution is -2.53. The summed E-state index contributed by atoms with van der Waals surface area (Å²) in [6.45, 7) is 0. The van der Waals surface area contributed by atoms with Crippen LogP contribution in [0.3, 0.4) is 0 Å². The topological polar surface area (TPSA) is 74.6 Å². The average molecular weight is 238 g/mol. The Morgan fingerprint density at radius 1 is 1.06 bits per heavy atom. The Hall–Kier alpha value is -1.06. The van der Waals surface area contributed by atoms with Gasteiger partial charge in [0.15, 0.2) is 0 Å². The number of aliphatic carboxylic acids is 2. The smallest absolute Gasteiger partial charge is 0.307 e. The van der Waals surface area contributed by atoms with E-state index in [1.54, 1.807) is 0 Å². The lowest BCUT2D eigenvalue weighted by atomic mass is 9.45. The van der Waals surface area contributed by atoms with Gasteiger partial charge < -0.3 is 10.2 Å². The standard InChI is InChI=1S/C13H18O4/c14-10(15)6-13-3-7-1-8(4-13)11(12(16)17)9(2-7)5-13/h7-9,11H,1-6H2,(H,14,15)(H,16,17). The number of carboxylic acids is 2. The van der Waals surface area contributed by atoms with Gasteiger partial charge in [0, 0.05) is 0 Å². The van der Waals surface area contributed by atoms with Gasteiger partial charge in [-0.25, -0.2) is 0 Å². The molecule has 2 unspecified atom stereocenters. The van der Waals surface area contributed by atoms with Gasteiger partial charge in [-0.3, -0.25) is 9.59 Å². The van der Waals surface area contributed by atoms with Gasteiger partial charge in [0.05, 0.1) is 12.3 Å². The van der Waals surface area contributed by atoms with Crippen molar-refractivity contribution >= 4 is 11.9 Å². The summed E-state index contributed by atoms with van der Waals surface area (Å²) >= 11 is 0. The largest absolute Gasteiger partial charge is 0.481 e. The first kappa shape index (κ1) is 11.1. The van der Waals surface area contributed by atoms with Crippen LogP contribution < -0.4 is 0 Å². The molecular weight excluding hydrogens is 220 g/mol. The first-order valence-corrected chi connectivity index (χ1v) is 6.44. The van der Waals surface area contributed by atoms with Crippen LogP contribution >= 0.6 is 0 Å². The van der Waals surface area contributed by atoms with E-state index in [-0.39, 0.29) is 29.6 Å². The van der Waals surface area contributed by atoms with Crippen molar-refractivity contribution in [3.05, 3.63) is 0 Å². The molecule has 0 heterocycles. The molecule has 4 nitrogen and oxygen atoms in total. The molecule has 0 amide bonds. The van der Waals surface area contributed by atoms with Crippen LogP contribution in [0.1, 0.15) is 38.5 Å². The van der Waals surface area contributed by atoms with E-state index >= 15 is 0 Å². The summed E-state index contributed by atoms with van der Waals surface area (Å²) < 4.78 is 0. The molecule has 0 aromatic rings. The second-order valence-corrected chi connectivity index (χ2v) is 6.40. The molecule has 2 atom stereocenters. The van der Waals surface area contributed by atoms with Gasteiger partial charge >= 0.3 is 11.9 Å². The van der Waals surface area contributed by atoms with Crippen LogP contribution in [0.2, 0.25) is 0 Å². The van der Waals surface area contributed by atoms with E-state index in [2.05, 4.69) is 0 Å². The van der Waals surface area contributed by atoms with Gasteiger partial charge in [-0.1, -0.05) is 0 Å². The zero-order valence-corrected chi connectivity index (χ0v) is 9.76. The maximum Gasteiger partial charge on any atom is 0.307 e. The molecule has 4 rings (SSSR count). The predicted octanol–water partition coefficient (Wildman–Crippen LogP) is 1.99. The molecule has 4 saturated carbocycles. The van der Waals surface area contributed by atoms with Crippen molar-refractivity contribution in [2.24, 2.45) is 29.1 Å². The summed E-state index contributed by atoms with van der Waals surface area (Å²) in [5, 5.41) is 18.3. The van der Waals surface area contributed by atoms with Gasteiger partial charge in [-0.2, -0.15) is 0 Å². The third kappa shape index (κ3) is 1.65. The molecule has 0 aromatic carbocycles. The van der Waals surface area contributed by atoms with Crippen LogP contribution in [0, 0.1) is 29.1 Å². The second-order valence-electron chi connectivity index (χ2n) is 6.40. The molecule has 0 aromatic heterocycles. The van der Waals surface area contributed by atoms with E-state index in [1.165, 1.54) is 0 Å². The van der Waals surface area contributed by atoms with E-state index in [4.69, 9.17) is 5.11 Å². The van der Waals surface area contributed by atoms with Gasteiger partial charge in [0.1, 0.15) is 0 Å². The maximum atomic E-state index is 11.3. The van der Waals surface area contributed by atoms with Crippen molar-refractivity contribution < 1.29 is 19.8 Å². The Labute approximate surface area is 100 Å². The third-order valence-corrected chi connectivity index (χ3v) is 5.21. The molecular formula is C13H18O4. The summed E-state index contributed by atoms with van der Waals surface area (Å²) in [5.41, 5.74) is -0.0751. The number of hydrogen-bond donors (Lipinski definition) is 2. The highest BCUT2D eigenvalue weighted by atomic mass is 16.4. The first-order chi connectivity index (χ1) is 7.99. The van der Waals surface area contributed by atoms with Crippen LogP contribution in [0.15, 0.2) is 0 Å². The van der Waals surface area contributed by atoms with E-state index in [0.717, 1.165) is 32.1 Å². The molecule has 4 heteroatoms. The average Bonchev–Trinajstić information content (AvgIpc) is 2.11. The number of hydrogen-bond acceptors (Lipinski definition) is 2. The fourth-order valence-electron chi connectivity index (χ4n) is 5.13. The van der Waals surface area contributed by atoms with Crippen molar-refractivity contribution in [1.29, 1.82) is 0 Å². The highest BCUT2D eigenvalue weighted by molar-refractivity contribution is 5.72. The third-order valence-electron chi connectivity index (χ3n) is 5.21. The lowest BCUT2D eigenvalue weighted by Gasteiger charge is -2.58. The van der Waals surface area contributed by atoms with Crippen LogP contribution in [0.4, 0.5) is 0 Å². The molecule has 4 fully saturated rings. The molecule has 94 valence electrons. The summed E-state index contributed by atoms with van der Waals surface area (Å²) in [5.74, 6) is -0.532. The molecule has 0 saturated heterocycles. The number of carbonyl (C=O) groups is 2. The van der Waals surface area contributed by atoms with Gasteiger partial charge in [-0.05, 0) is 55.3 Å². The monoisotopic (exact) mass is 238 g/mol. The Kier molecular flexibility index (Phi) is 2.25. The number of carboxylic acid groups (broad SMARTS) is 2. The molecule has 4 bridgehead atoms. The normalized spacial score (nSPS) is 47.1. The van der Waals surface area contributed by atoms with Crippen molar-refractivity contribution in [2.75, 3.05) is 0 Å². The summed E-state index contributed by atoms with van der Waals surface area (Å²) in [6, 6.07) is 0. The maximum absolute atomic E-state index is 11.3. The minimum absolute atomic E-state index is 0.0751. The molecule has 17 heavy (non-hydrogen) atoms. The molecule has 4 aliphatic carbocycles. The molecule has 0 radical (unpaired) electrons. The molecule has 2 N–H and O–H groups in total. The zero-order chi connectivity index (χ0) is 12.2. The summed E-state index contributed by atoms with van der Waals surface area (Å²) in [7, 11) is 0. The fraction of sp³-hybridized carbons (Fsp3) is 0.846. The second kappa shape index (κ2) is 3.47. The number of rotatable bonds is 3. The van der Waals surface area contributed by atoms with E-state index in [9.17, 15) is 14.7 Å².